The van der Waals surface area contributed by atoms with Crippen molar-refractivity contribution >= 4 is 28.0 Å². The first-order valence-electron chi connectivity index (χ1n) is 7.77. The van der Waals surface area contributed by atoms with E-state index in [1.165, 1.54) is 6.92 Å². The number of nitrogens with two attached hydrogens (primary N) is 1. The summed E-state index contributed by atoms with van der Waals surface area (Å²) in [6.07, 6.45) is 0. The zero-order chi connectivity index (χ0) is 19.5. The Morgan fingerprint density at radius 2 is 2.00 bits per heavy atom. The number of nitrogens with zero attached hydrogens (tertiary/aromatic N) is 1. The Labute approximate surface area is 145 Å². The third-order valence-electron chi connectivity index (χ3n) is 3.56. The molecule has 10 nitrogen and oxygen atoms in total. The van der Waals surface area contributed by atoms with Crippen molar-refractivity contribution in [1.82, 2.24) is 14.9 Å². The van der Waals surface area contributed by atoms with Crippen LogP contribution in [0.25, 0.3) is 0 Å². The summed E-state index contributed by atoms with van der Waals surface area (Å²) < 4.78 is 37.9. The molecule has 0 radical (unpaired) electrons. The standard InChI is InChI=1S/C14H18N4O6S/c1-8(15)12(19)17-11(9-5-3-2-4-6-9)13(20)16-10-7-18(14(10)21)25(22,23)24/h2-6,8,10-11H,7,15H2,1H3,(H,16,20)(H,17,19)(H,22,23,24)/t8-,10?,11?/m1/s1/i/hD. The zero-order valence-electron chi connectivity index (χ0n) is 14.2. The van der Waals surface area contributed by atoms with Gasteiger partial charge in [0, 0.05) is 0 Å². The van der Waals surface area contributed by atoms with Crippen LogP contribution in [0.3, 0.4) is 0 Å². The van der Waals surface area contributed by atoms with Crippen LogP contribution < -0.4 is 16.4 Å². The monoisotopic (exact) mass is 371 g/mol. The van der Waals surface area contributed by atoms with E-state index >= 15 is 0 Å². The molecule has 1 aromatic rings. The zero-order valence-corrected chi connectivity index (χ0v) is 14.0. The smallest absolute Gasteiger partial charge is 0.341 e. The predicted molar refractivity (Wildman–Crippen MR) is 86.2 cm³/mol. The number of β-lactam (4-membered cyclic amide) rings is 1. The van der Waals surface area contributed by atoms with Crippen molar-refractivity contribution in [1.29, 1.82) is 0 Å². The van der Waals surface area contributed by atoms with Crippen LogP contribution in [0.5, 0.6) is 0 Å². The number of hydrogen-bond donors (Lipinski definition) is 4. The normalized spacial score (nSPS) is 20.1. The summed E-state index contributed by atoms with van der Waals surface area (Å²) in [7, 11) is -4.66. The molecular formula is C14H18N4O6S. The van der Waals surface area contributed by atoms with Gasteiger partial charge in [0.2, 0.25) is 11.8 Å². The van der Waals surface area contributed by atoms with Crippen LogP contribution in [0.1, 0.15) is 18.5 Å². The summed E-state index contributed by atoms with van der Waals surface area (Å²) in [4.78, 5) is 36.3. The molecule has 0 aliphatic carbocycles. The maximum absolute atomic E-state index is 12.5. The molecule has 0 aromatic heterocycles. The van der Waals surface area contributed by atoms with Crippen molar-refractivity contribution in [2.24, 2.45) is 5.73 Å². The molecule has 0 bridgehead atoms. The number of amides is 3. The van der Waals surface area contributed by atoms with E-state index in [9.17, 15) is 22.8 Å². The minimum Gasteiger partial charge on any atom is -0.341 e. The van der Waals surface area contributed by atoms with Crippen LogP contribution in [0.2, 0.25) is 1.41 Å². The largest absolute Gasteiger partial charge is 0.362 e. The van der Waals surface area contributed by atoms with E-state index in [4.69, 9.17) is 5.96 Å². The van der Waals surface area contributed by atoms with Crippen LogP contribution in [0, 0.1) is 0 Å². The van der Waals surface area contributed by atoms with Gasteiger partial charge in [-0.05, 0) is 12.5 Å². The van der Waals surface area contributed by atoms with Crippen LogP contribution in [0.4, 0.5) is 0 Å². The molecule has 3 amide bonds. The van der Waals surface area contributed by atoms with Gasteiger partial charge in [0.25, 0.3) is 5.91 Å². The molecule has 25 heavy (non-hydrogen) atoms. The molecule has 11 heteroatoms. The highest BCUT2D eigenvalue weighted by Gasteiger charge is 2.45. The molecule has 0 spiro atoms. The van der Waals surface area contributed by atoms with Gasteiger partial charge in [0.1, 0.15) is 13.5 Å². The lowest BCUT2D eigenvalue weighted by Crippen LogP contribution is -2.66. The molecule has 1 saturated heterocycles. The first-order chi connectivity index (χ1) is 12.1. The lowest BCUT2D eigenvalue weighted by Gasteiger charge is -2.36. The molecule has 3 atom stereocenters. The highest BCUT2D eigenvalue weighted by molar-refractivity contribution is 7.84. The summed E-state index contributed by atoms with van der Waals surface area (Å²) in [6, 6.07) is 5.06. The fraction of sp³-hybridized carbons (Fsp3) is 0.357. The van der Waals surface area contributed by atoms with Gasteiger partial charge in [-0.2, -0.15) is 8.42 Å². The van der Waals surface area contributed by atoms with E-state index < -0.39 is 52.7 Å². The molecule has 1 aromatic carbocycles. The molecule has 0 saturated carbocycles. The number of carbonyl (C=O) groups excluding carboxylic acids is 3. The Kier molecular flexibility index (Phi) is 4.97. The van der Waals surface area contributed by atoms with Crippen LogP contribution in [-0.2, 0) is 24.7 Å². The number of benzene rings is 1. The minimum absolute atomic E-state index is 0.222. The van der Waals surface area contributed by atoms with Crippen molar-refractivity contribution in [2.75, 3.05) is 6.54 Å². The summed E-state index contributed by atoms with van der Waals surface area (Å²) in [6.45, 7) is 1.03. The highest BCUT2D eigenvalue weighted by Crippen LogP contribution is 2.17. The van der Waals surface area contributed by atoms with Crippen molar-refractivity contribution in [3.8, 4) is 0 Å². The molecule has 1 heterocycles. The summed E-state index contributed by atoms with van der Waals surface area (Å²) in [5.41, 5.74) is 2.44. The molecular weight excluding hydrogens is 352 g/mol. The van der Waals surface area contributed by atoms with Crippen molar-refractivity contribution in [3.05, 3.63) is 35.9 Å². The van der Waals surface area contributed by atoms with Gasteiger partial charge in [0.05, 0.1) is 12.6 Å². The molecule has 1 aliphatic rings. The molecule has 1 aliphatic heterocycles. The first kappa shape index (κ1) is 17.3. The second-order valence-electron chi connectivity index (χ2n) is 5.48. The van der Waals surface area contributed by atoms with Crippen molar-refractivity contribution < 1.29 is 28.8 Å². The average molecular weight is 371 g/mol. The SMILES string of the molecule is [2H]N[C@H](C)C(=O)NC(C(=O)NC1CN(S(=O)(=O)O)C1=O)c1ccccc1. The molecule has 2 rings (SSSR count). The van der Waals surface area contributed by atoms with Crippen molar-refractivity contribution in [2.45, 2.75) is 25.0 Å². The maximum Gasteiger partial charge on any atom is 0.362 e. The number of rotatable bonds is 7. The highest BCUT2D eigenvalue weighted by atomic mass is 32.2. The lowest BCUT2D eigenvalue weighted by atomic mass is 10.0. The molecule has 136 valence electrons. The van der Waals surface area contributed by atoms with Crippen LogP contribution >= 0.6 is 0 Å². The fourth-order valence-corrected chi connectivity index (χ4v) is 2.87. The Morgan fingerprint density at radius 1 is 1.36 bits per heavy atom. The quantitative estimate of drug-likeness (QED) is 0.329. The maximum atomic E-state index is 12.5. The lowest BCUT2D eigenvalue weighted by molar-refractivity contribution is -0.141. The van der Waals surface area contributed by atoms with Crippen LogP contribution in [0.15, 0.2) is 30.3 Å². The summed E-state index contributed by atoms with van der Waals surface area (Å²) in [5, 5.41) is 4.81. The van der Waals surface area contributed by atoms with Gasteiger partial charge in [-0.3, -0.25) is 18.9 Å². The van der Waals surface area contributed by atoms with Gasteiger partial charge in [-0.15, -0.1) is 0 Å². The van der Waals surface area contributed by atoms with E-state index in [-0.39, 0.29) is 4.31 Å². The van der Waals surface area contributed by atoms with Gasteiger partial charge in [0.15, 0.2) is 0 Å². The minimum atomic E-state index is -4.66. The van der Waals surface area contributed by atoms with E-state index in [1.54, 1.807) is 30.3 Å². The van der Waals surface area contributed by atoms with Gasteiger partial charge >= 0.3 is 10.3 Å². The number of nitrogens with one attached hydrogen (secondary N) is 2. The van der Waals surface area contributed by atoms with E-state index in [0.717, 1.165) is 0 Å². The third kappa shape index (κ3) is 4.32. The first-order valence-corrected chi connectivity index (χ1v) is 8.66. The molecule has 2 unspecified atom stereocenters. The van der Waals surface area contributed by atoms with E-state index in [1.807, 2.05) is 5.73 Å². The van der Waals surface area contributed by atoms with Gasteiger partial charge in [-0.25, -0.2) is 4.31 Å². The topological polar surface area (TPSA) is 159 Å². The van der Waals surface area contributed by atoms with E-state index in [2.05, 4.69) is 10.6 Å². The van der Waals surface area contributed by atoms with Gasteiger partial charge in [-0.1, -0.05) is 30.3 Å². The Bertz CT molecular complexity index is 803. The number of hydrogen-bond acceptors (Lipinski definition) is 6. The summed E-state index contributed by atoms with van der Waals surface area (Å²) in [5.74, 6) is -2.31. The second kappa shape index (κ2) is 7.17. The molecule has 1 fully saturated rings. The molecule has 5 N–H and O–H groups in total. The number of carbonyl (C=O) groups is 3. The van der Waals surface area contributed by atoms with Crippen LogP contribution in [-0.4, -0.2) is 53.6 Å². The summed E-state index contributed by atoms with van der Waals surface area (Å²) >= 11 is 0. The Balaban J connectivity index is 2.12. The van der Waals surface area contributed by atoms with E-state index in [0.29, 0.717) is 5.56 Å². The fourth-order valence-electron chi connectivity index (χ4n) is 2.18. The van der Waals surface area contributed by atoms with Gasteiger partial charge < -0.3 is 16.4 Å². The Hall–Kier alpha value is -2.50. The Morgan fingerprint density at radius 3 is 2.52 bits per heavy atom. The average Bonchev–Trinajstić information content (AvgIpc) is 2.60. The predicted octanol–water partition coefficient (Wildman–Crippen LogP) is -1.68. The third-order valence-corrected chi connectivity index (χ3v) is 4.45. The van der Waals surface area contributed by atoms with Crippen molar-refractivity contribution in [3.63, 3.8) is 0 Å². The second-order valence-corrected chi connectivity index (χ2v) is 6.82.